The number of fused-ring (bicyclic) bond motifs is 1. The number of hydrogen-bond acceptors (Lipinski definition) is 3. The van der Waals surface area contributed by atoms with E-state index in [1.54, 1.807) is 13.3 Å². The molecular weight excluding hydrogens is 324 g/mol. The summed E-state index contributed by atoms with van der Waals surface area (Å²) in [6, 6.07) is 10.1. The molecule has 0 atom stereocenters. The van der Waals surface area contributed by atoms with E-state index in [0.29, 0.717) is 19.4 Å². The van der Waals surface area contributed by atoms with E-state index in [-0.39, 0.29) is 5.91 Å². The Hall–Kier alpha value is -2.62. The lowest BCUT2D eigenvalue weighted by Crippen LogP contribution is -2.25. The van der Waals surface area contributed by atoms with Crippen molar-refractivity contribution in [1.29, 1.82) is 0 Å². The van der Waals surface area contributed by atoms with Crippen molar-refractivity contribution >= 4 is 16.8 Å². The second kappa shape index (κ2) is 8.65. The van der Waals surface area contributed by atoms with Crippen molar-refractivity contribution in [2.24, 2.45) is 0 Å². The van der Waals surface area contributed by atoms with E-state index in [9.17, 15) is 4.79 Å². The number of pyridine rings is 1. The molecule has 0 fully saturated rings. The van der Waals surface area contributed by atoms with Crippen LogP contribution >= 0.6 is 0 Å². The molecule has 1 aromatic heterocycles. The minimum absolute atomic E-state index is 0.0965. The van der Waals surface area contributed by atoms with Crippen molar-refractivity contribution in [3.63, 3.8) is 0 Å². The van der Waals surface area contributed by atoms with Gasteiger partial charge in [0.2, 0.25) is 5.91 Å². The molecule has 2 aromatic rings. The molecule has 1 aromatic carbocycles. The Morgan fingerprint density at radius 3 is 2.85 bits per heavy atom. The fourth-order valence-electron chi connectivity index (χ4n) is 3.46. The first-order valence-corrected chi connectivity index (χ1v) is 9.20. The standard InChI is InChI=1S/C22H26N2O2/c1-16-15-17(8-10-20(16)26-2)12-14-23-21(25)11-9-19-6-3-5-18-7-4-13-24-22(18)19/h3-7,13,15H,8-12,14H2,1-2H3,(H,23,25). The van der Waals surface area contributed by atoms with Gasteiger partial charge in [-0.3, -0.25) is 9.78 Å². The van der Waals surface area contributed by atoms with Crippen LogP contribution in [0.15, 0.2) is 59.5 Å². The maximum absolute atomic E-state index is 12.2. The lowest BCUT2D eigenvalue weighted by molar-refractivity contribution is -0.121. The number of carbonyl (C=O) groups is 1. The number of hydrogen-bond donors (Lipinski definition) is 1. The van der Waals surface area contributed by atoms with E-state index < -0.39 is 0 Å². The number of benzene rings is 1. The van der Waals surface area contributed by atoms with Gasteiger partial charge >= 0.3 is 0 Å². The van der Waals surface area contributed by atoms with Crippen molar-refractivity contribution in [3.05, 3.63) is 65.1 Å². The average Bonchev–Trinajstić information content (AvgIpc) is 2.66. The van der Waals surface area contributed by atoms with E-state index >= 15 is 0 Å². The van der Waals surface area contributed by atoms with Crippen LogP contribution < -0.4 is 5.32 Å². The zero-order valence-corrected chi connectivity index (χ0v) is 15.5. The molecule has 1 amide bonds. The summed E-state index contributed by atoms with van der Waals surface area (Å²) < 4.78 is 5.36. The second-order valence-corrected chi connectivity index (χ2v) is 6.71. The third kappa shape index (κ3) is 4.51. The van der Waals surface area contributed by atoms with Gasteiger partial charge in [0.05, 0.1) is 18.4 Å². The van der Waals surface area contributed by atoms with Crippen molar-refractivity contribution in [3.8, 4) is 0 Å². The zero-order chi connectivity index (χ0) is 18.4. The summed E-state index contributed by atoms with van der Waals surface area (Å²) in [5.41, 5.74) is 4.69. The molecule has 26 heavy (non-hydrogen) atoms. The average molecular weight is 350 g/mol. The van der Waals surface area contributed by atoms with Gasteiger partial charge < -0.3 is 10.1 Å². The molecule has 0 aliphatic heterocycles. The quantitative estimate of drug-likeness (QED) is 0.809. The lowest BCUT2D eigenvalue weighted by Gasteiger charge is -2.17. The molecule has 1 N–H and O–H groups in total. The summed E-state index contributed by atoms with van der Waals surface area (Å²) >= 11 is 0. The van der Waals surface area contributed by atoms with Gasteiger partial charge in [-0.2, -0.15) is 0 Å². The molecule has 4 heteroatoms. The van der Waals surface area contributed by atoms with Crippen LogP contribution in [0.1, 0.15) is 38.2 Å². The lowest BCUT2D eigenvalue weighted by atomic mass is 9.96. The van der Waals surface area contributed by atoms with Gasteiger partial charge in [-0.1, -0.05) is 35.9 Å². The molecule has 3 rings (SSSR count). The van der Waals surface area contributed by atoms with Crippen LogP contribution in [0.4, 0.5) is 0 Å². The SMILES string of the molecule is COC1=C(C)C=C(CCNC(=O)CCc2cccc3cccnc23)CC1. The highest BCUT2D eigenvalue weighted by molar-refractivity contribution is 5.82. The third-order valence-electron chi connectivity index (χ3n) is 4.89. The van der Waals surface area contributed by atoms with Gasteiger partial charge in [-0.05, 0) is 43.4 Å². The highest BCUT2D eigenvalue weighted by atomic mass is 16.5. The fraction of sp³-hybridized carbons (Fsp3) is 0.364. The first kappa shape index (κ1) is 18.2. The highest BCUT2D eigenvalue weighted by Crippen LogP contribution is 2.25. The number of nitrogens with zero attached hydrogens (tertiary/aromatic N) is 1. The summed E-state index contributed by atoms with van der Waals surface area (Å²) in [6.07, 6.45) is 8.05. The maximum Gasteiger partial charge on any atom is 0.220 e. The summed E-state index contributed by atoms with van der Waals surface area (Å²) in [7, 11) is 1.73. The van der Waals surface area contributed by atoms with Crippen LogP contribution in [-0.2, 0) is 16.0 Å². The molecule has 0 saturated heterocycles. The Kier molecular flexibility index (Phi) is 6.05. The molecule has 1 heterocycles. The molecular formula is C22H26N2O2. The van der Waals surface area contributed by atoms with E-state index in [4.69, 9.17) is 4.74 Å². The summed E-state index contributed by atoms with van der Waals surface area (Å²) in [5.74, 6) is 1.17. The number of para-hydroxylation sites is 1. The van der Waals surface area contributed by atoms with E-state index in [1.165, 1.54) is 11.1 Å². The minimum atomic E-state index is 0.0965. The molecule has 0 saturated carbocycles. The highest BCUT2D eigenvalue weighted by Gasteiger charge is 2.11. The van der Waals surface area contributed by atoms with Gasteiger partial charge in [-0.25, -0.2) is 0 Å². The van der Waals surface area contributed by atoms with Crippen LogP contribution in [0.5, 0.6) is 0 Å². The normalized spacial score (nSPS) is 14.3. The molecule has 1 aliphatic rings. The molecule has 4 nitrogen and oxygen atoms in total. The fourth-order valence-corrected chi connectivity index (χ4v) is 3.46. The van der Waals surface area contributed by atoms with Gasteiger partial charge in [0.1, 0.15) is 0 Å². The van der Waals surface area contributed by atoms with E-state index in [1.807, 2.05) is 12.1 Å². The van der Waals surface area contributed by atoms with Gasteiger partial charge in [0, 0.05) is 31.0 Å². The van der Waals surface area contributed by atoms with Crippen molar-refractivity contribution in [2.45, 2.75) is 39.0 Å². The molecule has 0 bridgehead atoms. The maximum atomic E-state index is 12.2. The number of methoxy groups -OCH3 is 1. The topological polar surface area (TPSA) is 51.2 Å². The number of aromatic nitrogens is 1. The van der Waals surface area contributed by atoms with Crippen LogP contribution in [0, 0.1) is 0 Å². The summed E-state index contributed by atoms with van der Waals surface area (Å²) in [6.45, 7) is 2.77. The number of allylic oxidation sites excluding steroid dienone is 3. The molecule has 1 aliphatic carbocycles. The summed E-state index contributed by atoms with van der Waals surface area (Å²) in [4.78, 5) is 16.6. The predicted octanol–water partition coefficient (Wildman–Crippen LogP) is 4.31. The summed E-state index contributed by atoms with van der Waals surface area (Å²) in [5, 5.41) is 4.16. The number of nitrogens with one attached hydrogen (secondary N) is 1. The molecule has 0 unspecified atom stereocenters. The number of ether oxygens (including phenoxy) is 1. The number of aryl methyl sites for hydroxylation is 1. The molecule has 136 valence electrons. The van der Waals surface area contributed by atoms with Gasteiger partial charge in [-0.15, -0.1) is 0 Å². The Bertz CT molecular complexity index is 847. The minimum Gasteiger partial charge on any atom is -0.501 e. The van der Waals surface area contributed by atoms with Crippen LogP contribution in [0.25, 0.3) is 10.9 Å². The van der Waals surface area contributed by atoms with Gasteiger partial charge in [0.15, 0.2) is 0 Å². The second-order valence-electron chi connectivity index (χ2n) is 6.71. The first-order valence-electron chi connectivity index (χ1n) is 9.20. The molecule has 0 spiro atoms. The monoisotopic (exact) mass is 350 g/mol. The largest absolute Gasteiger partial charge is 0.501 e. The van der Waals surface area contributed by atoms with E-state index in [2.05, 4.69) is 41.5 Å². The Morgan fingerprint density at radius 2 is 2.04 bits per heavy atom. The number of amides is 1. The smallest absolute Gasteiger partial charge is 0.220 e. The Balaban J connectivity index is 1.47. The zero-order valence-electron chi connectivity index (χ0n) is 15.5. The Labute approximate surface area is 155 Å². The van der Waals surface area contributed by atoms with Crippen molar-refractivity contribution in [1.82, 2.24) is 10.3 Å². The van der Waals surface area contributed by atoms with Crippen molar-refractivity contribution < 1.29 is 9.53 Å². The third-order valence-corrected chi connectivity index (χ3v) is 4.89. The Morgan fingerprint density at radius 1 is 1.19 bits per heavy atom. The molecule has 0 radical (unpaired) electrons. The van der Waals surface area contributed by atoms with E-state index in [0.717, 1.165) is 41.5 Å². The number of rotatable bonds is 7. The van der Waals surface area contributed by atoms with Crippen LogP contribution in [-0.4, -0.2) is 24.5 Å². The van der Waals surface area contributed by atoms with Gasteiger partial charge in [0.25, 0.3) is 0 Å². The van der Waals surface area contributed by atoms with Crippen LogP contribution in [0.2, 0.25) is 0 Å². The first-order chi connectivity index (χ1) is 12.7. The predicted molar refractivity (Wildman–Crippen MR) is 105 cm³/mol. The number of carbonyl (C=O) groups excluding carboxylic acids is 1. The van der Waals surface area contributed by atoms with Crippen molar-refractivity contribution in [2.75, 3.05) is 13.7 Å². The van der Waals surface area contributed by atoms with Crippen LogP contribution in [0.3, 0.4) is 0 Å².